The van der Waals surface area contributed by atoms with Gasteiger partial charge in [0.2, 0.25) is 0 Å². The zero-order chi connectivity index (χ0) is 16.5. The van der Waals surface area contributed by atoms with Crippen molar-refractivity contribution in [1.82, 2.24) is 9.88 Å². The lowest BCUT2D eigenvalue weighted by Gasteiger charge is -2.10. The first-order valence-corrected chi connectivity index (χ1v) is 8.35. The average molecular weight is 320 g/mol. The molecule has 1 fully saturated rings. The van der Waals surface area contributed by atoms with Gasteiger partial charge in [0.1, 0.15) is 5.69 Å². The summed E-state index contributed by atoms with van der Waals surface area (Å²) < 4.78 is 1.93. The van der Waals surface area contributed by atoms with Crippen LogP contribution in [-0.2, 0) is 13.1 Å². The minimum absolute atomic E-state index is 0.396. The van der Waals surface area contributed by atoms with Gasteiger partial charge in [-0.25, -0.2) is 4.79 Å². The van der Waals surface area contributed by atoms with Crippen LogP contribution in [0, 0.1) is 0 Å². The number of aromatic nitrogens is 1. The molecular formula is C20H20N2O2. The number of carboxylic acid groups (broad SMARTS) is 1. The van der Waals surface area contributed by atoms with Crippen molar-refractivity contribution in [3.63, 3.8) is 0 Å². The highest BCUT2D eigenvalue weighted by Gasteiger charge is 2.25. The fourth-order valence-corrected chi connectivity index (χ4v) is 3.26. The van der Waals surface area contributed by atoms with Crippen LogP contribution in [0.4, 0.5) is 0 Å². The van der Waals surface area contributed by atoms with Crippen LogP contribution in [0.2, 0.25) is 0 Å². The van der Waals surface area contributed by atoms with Gasteiger partial charge in [0, 0.05) is 35.6 Å². The molecule has 0 atom stereocenters. The Bertz CT molecular complexity index is 879. The molecular weight excluding hydrogens is 300 g/mol. The first-order chi connectivity index (χ1) is 11.7. The number of nitrogens with one attached hydrogen (secondary N) is 1. The highest BCUT2D eigenvalue weighted by atomic mass is 16.4. The van der Waals surface area contributed by atoms with Gasteiger partial charge in [0.05, 0.1) is 0 Å². The van der Waals surface area contributed by atoms with Crippen LogP contribution in [0.25, 0.3) is 10.9 Å². The minimum Gasteiger partial charge on any atom is -0.477 e. The fraction of sp³-hybridized carbons (Fsp3) is 0.250. The lowest BCUT2D eigenvalue weighted by molar-refractivity contribution is 0.0684. The lowest BCUT2D eigenvalue weighted by atomic mass is 10.1. The van der Waals surface area contributed by atoms with Gasteiger partial charge >= 0.3 is 5.97 Å². The largest absolute Gasteiger partial charge is 0.477 e. The van der Waals surface area contributed by atoms with E-state index >= 15 is 0 Å². The van der Waals surface area contributed by atoms with Gasteiger partial charge in [-0.3, -0.25) is 0 Å². The molecule has 0 unspecified atom stereocenters. The molecule has 1 heterocycles. The second-order valence-corrected chi connectivity index (χ2v) is 6.38. The number of fused-ring (bicyclic) bond motifs is 1. The maximum absolute atomic E-state index is 12.0. The maximum Gasteiger partial charge on any atom is 0.352 e. The number of aromatic carboxylic acids is 1. The SMILES string of the molecule is O=C(O)c1c(CNC2CC2)c2ccccc2n1Cc1ccccc1. The highest BCUT2D eigenvalue weighted by Crippen LogP contribution is 2.29. The van der Waals surface area contributed by atoms with E-state index in [9.17, 15) is 9.90 Å². The van der Waals surface area contributed by atoms with E-state index in [-0.39, 0.29) is 0 Å². The topological polar surface area (TPSA) is 54.3 Å². The van der Waals surface area contributed by atoms with E-state index in [1.165, 1.54) is 12.8 Å². The van der Waals surface area contributed by atoms with Crippen molar-refractivity contribution in [3.05, 3.63) is 71.4 Å². The smallest absolute Gasteiger partial charge is 0.352 e. The quantitative estimate of drug-likeness (QED) is 0.729. The molecule has 0 spiro atoms. The summed E-state index contributed by atoms with van der Waals surface area (Å²) in [6.07, 6.45) is 2.37. The van der Waals surface area contributed by atoms with Crippen molar-refractivity contribution in [2.24, 2.45) is 0 Å². The van der Waals surface area contributed by atoms with Crippen LogP contribution in [0.1, 0.15) is 34.5 Å². The van der Waals surface area contributed by atoms with Gasteiger partial charge in [-0.15, -0.1) is 0 Å². The Labute approximate surface area is 140 Å². The van der Waals surface area contributed by atoms with Crippen molar-refractivity contribution in [2.45, 2.75) is 32.0 Å². The van der Waals surface area contributed by atoms with Crippen molar-refractivity contribution < 1.29 is 9.90 Å². The zero-order valence-electron chi connectivity index (χ0n) is 13.4. The average Bonchev–Trinajstić information content (AvgIpc) is 3.37. The lowest BCUT2D eigenvalue weighted by Crippen LogP contribution is -2.18. The molecule has 0 radical (unpaired) electrons. The fourth-order valence-electron chi connectivity index (χ4n) is 3.26. The monoisotopic (exact) mass is 320 g/mol. The Hall–Kier alpha value is -2.59. The van der Waals surface area contributed by atoms with Crippen molar-refractivity contribution in [1.29, 1.82) is 0 Å². The summed E-state index contributed by atoms with van der Waals surface area (Å²) in [7, 11) is 0. The van der Waals surface area contributed by atoms with Gasteiger partial charge in [-0.1, -0.05) is 48.5 Å². The highest BCUT2D eigenvalue weighted by molar-refractivity contribution is 5.98. The number of carboxylic acids is 1. The molecule has 0 saturated heterocycles. The van der Waals surface area contributed by atoms with E-state index in [0.29, 0.717) is 24.8 Å². The van der Waals surface area contributed by atoms with E-state index < -0.39 is 5.97 Å². The van der Waals surface area contributed by atoms with Crippen LogP contribution in [0.15, 0.2) is 54.6 Å². The van der Waals surface area contributed by atoms with Crippen LogP contribution in [0.3, 0.4) is 0 Å². The third-order valence-corrected chi connectivity index (χ3v) is 4.61. The van der Waals surface area contributed by atoms with Gasteiger partial charge in [0.15, 0.2) is 0 Å². The Morgan fingerprint density at radius 1 is 1.08 bits per heavy atom. The molecule has 1 saturated carbocycles. The second kappa shape index (κ2) is 6.13. The number of benzene rings is 2. The first kappa shape index (κ1) is 15.0. The van der Waals surface area contributed by atoms with Crippen LogP contribution < -0.4 is 5.32 Å². The maximum atomic E-state index is 12.0. The van der Waals surface area contributed by atoms with E-state index in [0.717, 1.165) is 22.0 Å². The van der Waals surface area contributed by atoms with Crippen LogP contribution in [0.5, 0.6) is 0 Å². The summed E-state index contributed by atoms with van der Waals surface area (Å²) in [4.78, 5) is 12.0. The minimum atomic E-state index is -0.866. The summed E-state index contributed by atoms with van der Waals surface area (Å²) in [5, 5.41) is 14.3. The molecule has 1 aliphatic carbocycles. The van der Waals surface area contributed by atoms with Gasteiger partial charge in [0.25, 0.3) is 0 Å². The standard InChI is InChI=1S/C20H20N2O2/c23-20(24)19-17(12-21-15-10-11-15)16-8-4-5-9-18(16)22(19)13-14-6-2-1-3-7-14/h1-9,15,21H,10-13H2,(H,23,24). The summed E-state index contributed by atoms with van der Waals surface area (Å²) in [6, 6.07) is 18.5. The summed E-state index contributed by atoms with van der Waals surface area (Å²) in [5.74, 6) is -0.866. The number of nitrogens with zero attached hydrogens (tertiary/aromatic N) is 1. The van der Waals surface area contributed by atoms with Crippen molar-refractivity contribution in [2.75, 3.05) is 0 Å². The zero-order valence-corrected chi connectivity index (χ0v) is 13.4. The van der Waals surface area contributed by atoms with Crippen LogP contribution >= 0.6 is 0 Å². The number of carbonyl (C=O) groups is 1. The molecule has 3 aromatic rings. The number of rotatable bonds is 6. The molecule has 1 aromatic heterocycles. The molecule has 4 heteroatoms. The van der Waals surface area contributed by atoms with Gasteiger partial charge in [-0.2, -0.15) is 0 Å². The van der Waals surface area contributed by atoms with Gasteiger partial charge in [-0.05, 0) is 24.5 Å². The van der Waals surface area contributed by atoms with E-state index in [1.54, 1.807) is 0 Å². The Kier molecular flexibility index (Phi) is 3.82. The number of hydrogen-bond donors (Lipinski definition) is 2. The van der Waals surface area contributed by atoms with Crippen molar-refractivity contribution in [3.8, 4) is 0 Å². The molecule has 122 valence electrons. The Morgan fingerprint density at radius 2 is 1.79 bits per heavy atom. The molecule has 4 rings (SSSR count). The van der Waals surface area contributed by atoms with E-state index in [1.807, 2.05) is 59.2 Å². The van der Waals surface area contributed by atoms with Gasteiger partial charge < -0.3 is 15.0 Å². The molecule has 2 aromatic carbocycles. The van der Waals surface area contributed by atoms with E-state index in [2.05, 4.69) is 5.32 Å². The molecule has 0 aliphatic heterocycles. The second-order valence-electron chi connectivity index (χ2n) is 6.38. The molecule has 1 aliphatic rings. The van der Waals surface area contributed by atoms with E-state index in [4.69, 9.17) is 0 Å². The van der Waals surface area contributed by atoms with Crippen LogP contribution in [-0.4, -0.2) is 21.7 Å². The number of hydrogen-bond acceptors (Lipinski definition) is 2. The predicted octanol–water partition coefficient (Wildman–Crippen LogP) is 3.64. The molecule has 24 heavy (non-hydrogen) atoms. The molecule has 2 N–H and O–H groups in total. The third-order valence-electron chi connectivity index (χ3n) is 4.61. The Balaban J connectivity index is 1.83. The molecule has 4 nitrogen and oxygen atoms in total. The normalized spacial score (nSPS) is 14.2. The number of para-hydroxylation sites is 1. The molecule has 0 bridgehead atoms. The Morgan fingerprint density at radius 3 is 2.50 bits per heavy atom. The first-order valence-electron chi connectivity index (χ1n) is 8.35. The summed E-state index contributed by atoms with van der Waals surface area (Å²) in [5.41, 5.74) is 3.36. The third kappa shape index (κ3) is 2.81. The van der Waals surface area contributed by atoms with Crippen molar-refractivity contribution >= 4 is 16.9 Å². The molecule has 0 amide bonds. The summed E-state index contributed by atoms with van der Waals surface area (Å²) >= 11 is 0. The summed E-state index contributed by atoms with van der Waals surface area (Å²) in [6.45, 7) is 1.17. The predicted molar refractivity (Wildman–Crippen MR) is 94.3 cm³/mol.